The third kappa shape index (κ3) is 6.58. The van der Waals surface area contributed by atoms with Gasteiger partial charge in [0, 0.05) is 25.6 Å². The van der Waals surface area contributed by atoms with Crippen molar-refractivity contribution in [3.8, 4) is 0 Å². The van der Waals surface area contributed by atoms with E-state index >= 15 is 0 Å². The summed E-state index contributed by atoms with van der Waals surface area (Å²) in [6, 6.07) is 4.32. The maximum Gasteiger partial charge on any atom is 0.224 e. The lowest BCUT2D eigenvalue weighted by molar-refractivity contribution is -0.116. The molecule has 1 heterocycles. The van der Waals surface area contributed by atoms with Crippen LogP contribution in [0.25, 0.3) is 0 Å². The Bertz CT molecular complexity index is 413. The molecule has 0 aliphatic heterocycles. The molecule has 5 nitrogen and oxygen atoms in total. The fourth-order valence-corrected chi connectivity index (χ4v) is 2.06. The van der Waals surface area contributed by atoms with Gasteiger partial charge in [0.15, 0.2) is 0 Å². The Labute approximate surface area is 128 Å². The van der Waals surface area contributed by atoms with E-state index in [1.807, 2.05) is 12.1 Å². The summed E-state index contributed by atoms with van der Waals surface area (Å²) in [6.07, 6.45) is 3.09. The molecular weight excluding hydrogens is 264 g/mol. The van der Waals surface area contributed by atoms with E-state index < -0.39 is 0 Å². The predicted molar refractivity (Wildman–Crippen MR) is 88.8 cm³/mol. The molecule has 21 heavy (non-hydrogen) atoms. The van der Waals surface area contributed by atoms with E-state index in [0.717, 1.165) is 37.6 Å². The molecule has 5 heteroatoms. The highest BCUT2D eigenvalue weighted by molar-refractivity contribution is 5.90. The van der Waals surface area contributed by atoms with Crippen molar-refractivity contribution in [2.75, 3.05) is 29.9 Å². The Balaban J connectivity index is 2.39. The maximum atomic E-state index is 11.8. The molecule has 0 saturated heterocycles. The molecule has 0 aromatic carbocycles. The van der Waals surface area contributed by atoms with Crippen molar-refractivity contribution in [3.05, 3.63) is 18.3 Å². The van der Waals surface area contributed by atoms with Crippen molar-refractivity contribution in [3.63, 3.8) is 0 Å². The molecule has 0 atom stereocenters. The van der Waals surface area contributed by atoms with Crippen LogP contribution in [0.3, 0.4) is 0 Å². The summed E-state index contributed by atoms with van der Waals surface area (Å²) < 4.78 is 0. The first kappa shape index (κ1) is 17.4. The summed E-state index contributed by atoms with van der Waals surface area (Å²) >= 11 is 0. The van der Waals surface area contributed by atoms with Crippen LogP contribution in [0.1, 0.15) is 40.5 Å². The number of hydrogen-bond donors (Lipinski definition) is 2. The molecule has 0 aliphatic rings. The van der Waals surface area contributed by atoms with E-state index in [4.69, 9.17) is 0 Å². The zero-order valence-corrected chi connectivity index (χ0v) is 13.6. The molecule has 0 radical (unpaired) electrons. The van der Waals surface area contributed by atoms with Gasteiger partial charge in [0.05, 0.1) is 11.9 Å². The fraction of sp³-hybridized carbons (Fsp3) is 0.625. The molecule has 1 rings (SSSR count). The lowest BCUT2D eigenvalue weighted by atomic mass is 10.2. The van der Waals surface area contributed by atoms with Gasteiger partial charge in [-0.3, -0.25) is 4.79 Å². The Morgan fingerprint density at radius 3 is 2.52 bits per heavy atom. The van der Waals surface area contributed by atoms with E-state index in [9.17, 15) is 4.79 Å². The van der Waals surface area contributed by atoms with Crippen LogP contribution in [0.4, 0.5) is 11.5 Å². The third-order valence-electron chi connectivity index (χ3n) is 3.25. The first-order chi connectivity index (χ1) is 10.1. The van der Waals surface area contributed by atoms with Crippen molar-refractivity contribution in [1.82, 2.24) is 10.3 Å². The summed E-state index contributed by atoms with van der Waals surface area (Å²) in [6.45, 7) is 11.1. The second-order valence-electron chi connectivity index (χ2n) is 5.34. The SMILES string of the molecule is CCN(CC)c1ccc(NC(=O)CCCNC(C)C)cn1. The Kier molecular flexibility index (Phi) is 7.75. The van der Waals surface area contributed by atoms with Gasteiger partial charge in [0.1, 0.15) is 5.82 Å². The average molecular weight is 292 g/mol. The van der Waals surface area contributed by atoms with Gasteiger partial charge in [-0.1, -0.05) is 13.8 Å². The summed E-state index contributed by atoms with van der Waals surface area (Å²) in [5.41, 5.74) is 0.757. The first-order valence-corrected chi connectivity index (χ1v) is 7.81. The molecule has 0 fully saturated rings. The van der Waals surface area contributed by atoms with Crippen LogP contribution in [0.5, 0.6) is 0 Å². The Morgan fingerprint density at radius 2 is 2.00 bits per heavy atom. The van der Waals surface area contributed by atoms with Gasteiger partial charge in [0.25, 0.3) is 0 Å². The Hall–Kier alpha value is -1.62. The molecule has 0 spiro atoms. The third-order valence-corrected chi connectivity index (χ3v) is 3.25. The van der Waals surface area contributed by atoms with Crippen LogP contribution in [-0.2, 0) is 4.79 Å². The average Bonchev–Trinajstić information content (AvgIpc) is 2.46. The molecule has 1 aromatic rings. The number of rotatable bonds is 9. The van der Waals surface area contributed by atoms with Gasteiger partial charge in [-0.15, -0.1) is 0 Å². The molecule has 1 amide bonds. The molecule has 118 valence electrons. The van der Waals surface area contributed by atoms with Crippen molar-refractivity contribution < 1.29 is 4.79 Å². The smallest absolute Gasteiger partial charge is 0.224 e. The largest absolute Gasteiger partial charge is 0.357 e. The number of carbonyl (C=O) groups is 1. The zero-order chi connectivity index (χ0) is 15.7. The first-order valence-electron chi connectivity index (χ1n) is 7.81. The van der Waals surface area contributed by atoms with E-state index in [1.165, 1.54) is 0 Å². The number of anilines is 2. The molecular formula is C16H28N4O. The monoisotopic (exact) mass is 292 g/mol. The van der Waals surface area contributed by atoms with E-state index in [-0.39, 0.29) is 5.91 Å². The summed E-state index contributed by atoms with van der Waals surface area (Å²) in [4.78, 5) is 18.4. The van der Waals surface area contributed by atoms with Gasteiger partial charge in [-0.2, -0.15) is 0 Å². The number of amides is 1. The van der Waals surface area contributed by atoms with Gasteiger partial charge in [0.2, 0.25) is 5.91 Å². The normalized spacial score (nSPS) is 10.7. The number of carbonyl (C=O) groups excluding carboxylic acids is 1. The molecule has 0 bridgehead atoms. The van der Waals surface area contributed by atoms with Crippen LogP contribution in [0, 0.1) is 0 Å². The number of nitrogens with zero attached hydrogens (tertiary/aromatic N) is 2. The van der Waals surface area contributed by atoms with Crippen LogP contribution >= 0.6 is 0 Å². The van der Waals surface area contributed by atoms with Crippen LogP contribution in [0.15, 0.2) is 18.3 Å². The topological polar surface area (TPSA) is 57.3 Å². The molecule has 2 N–H and O–H groups in total. The van der Waals surface area contributed by atoms with Crippen molar-refractivity contribution in [2.45, 2.75) is 46.6 Å². The standard InChI is InChI=1S/C16H28N4O/c1-5-20(6-2)15-10-9-14(12-18-15)19-16(21)8-7-11-17-13(3)4/h9-10,12-13,17H,5-8,11H2,1-4H3,(H,19,21). The summed E-state index contributed by atoms with van der Waals surface area (Å²) in [5, 5.41) is 6.18. The maximum absolute atomic E-state index is 11.8. The van der Waals surface area contributed by atoms with Crippen LogP contribution < -0.4 is 15.5 Å². The van der Waals surface area contributed by atoms with Crippen LogP contribution in [0.2, 0.25) is 0 Å². The minimum absolute atomic E-state index is 0.0398. The minimum atomic E-state index is 0.0398. The van der Waals surface area contributed by atoms with E-state index in [0.29, 0.717) is 12.5 Å². The van der Waals surface area contributed by atoms with Gasteiger partial charge < -0.3 is 15.5 Å². The van der Waals surface area contributed by atoms with Gasteiger partial charge in [-0.05, 0) is 38.9 Å². The van der Waals surface area contributed by atoms with Gasteiger partial charge >= 0.3 is 0 Å². The highest BCUT2D eigenvalue weighted by Crippen LogP contribution is 2.14. The predicted octanol–water partition coefficient (Wildman–Crippen LogP) is 2.64. The minimum Gasteiger partial charge on any atom is -0.357 e. The summed E-state index contributed by atoms with van der Waals surface area (Å²) in [5.74, 6) is 0.983. The second-order valence-corrected chi connectivity index (χ2v) is 5.34. The lowest BCUT2D eigenvalue weighted by Gasteiger charge is -2.19. The molecule has 0 aliphatic carbocycles. The summed E-state index contributed by atoms with van der Waals surface area (Å²) in [7, 11) is 0. The van der Waals surface area contributed by atoms with Crippen molar-refractivity contribution in [2.24, 2.45) is 0 Å². The lowest BCUT2D eigenvalue weighted by Crippen LogP contribution is -2.25. The fourth-order valence-electron chi connectivity index (χ4n) is 2.06. The Morgan fingerprint density at radius 1 is 1.29 bits per heavy atom. The zero-order valence-electron chi connectivity index (χ0n) is 13.6. The highest BCUT2D eigenvalue weighted by Gasteiger charge is 2.05. The van der Waals surface area contributed by atoms with Gasteiger partial charge in [-0.25, -0.2) is 4.98 Å². The molecule has 0 unspecified atom stereocenters. The van der Waals surface area contributed by atoms with Crippen LogP contribution in [-0.4, -0.2) is 36.6 Å². The van der Waals surface area contributed by atoms with E-state index in [1.54, 1.807) is 6.20 Å². The van der Waals surface area contributed by atoms with E-state index in [2.05, 4.69) is 48.2 Å². The second kappa shape index (κ2) is 9.34. The quantitative estimate of drug-likeness (QED) is 0.687. The number of pyridine rings is 1. The van der Waals surface area contributed by atoms with Crippen molar-refractivity contribution >= 4 is 17.4 Å². The van der Waals surface area contributed by atoms with Crippen molar-refractivity contribution in [1.29, 1.82) is 0 Å². The number of aromatic nitrogens is 1. The molecule has 0 saturated carbocycles. The highest BCUT2D eigenvalue weighted by atomic mass is 16.1. The number of hydrogen-bond acceptors (Lipinski definition) is 4. The molecule has 1 aromatic heterocycles. The number of nitrogens with one attached hydrogen (secondary N) is 2.